The van der Waals surface area contributed by atoms with Gasteiger partial charge in [0.1, 0.15) is 5.84 Å². The standard InChI is InChI=1S/C9H10N2O/c1-7-6-9(12)10-8-4-2-3-5-11(7)8/h2-5,7H,6H2,1H3. The largest absolute Gasteiger partial charge is 0.330 e. The summed E-state index contributed by atoms with van der Waals surface area (Å²) in [5.74, 6) is 0.745. The highest BCUT2D eigenvalue weighted by atomic mass is 16.1. The lowest BCUT2D eigenvalue weighted by molar-refractivity contribution is -0.119. The van der Waals surface area contributed by atoms with Crippen molar-refractivity contribution in [2.45, 2.75) is 19.4 Å². The number of fused-ring (bicyclic) bond motifs is 1. The van der Waals surface area contributed by atoms with Crippen molar-refractivity contribution >= 4 is 11.7 Å². The van der Waals surface area contributed by atoms with Crippen LogP contribution in [0, 0.1) is 0 Å². The molecule has 62 valence electrons. The van der Waals surface area contributed by atoms with Gasteiger partial charge < -0.3 is 4.90 Å². The van der Waals surface area contributed by atoms with Crippen LogP contribution in [0.3, 0.4) is 0 Å². The summed E-state index contributed by atoms with van der Waals surface area (Å²) >= 11 is 0. The second kappa shape index (κ2) is 2.59. The molecule has 2 aliphatic heterocycles. The molecule has 0 aromatic rings. The summed E-state index contributed by atoms with van der Waals surface area (Å²) in [6.45, 7) is 2.02. The Morgan fingerprint density at radius 2 is 2.42 bits per heavy atom. The van der Waals surface area contributed by atoms with E-state index in [1.165, 1.54) is 0 Å². The van der Waals surface area contributed by atoms with Gasteiger partial charge in [-0.15, -0.1) is 0 Å². The average Bonchev–Trinajstić information content (AvgIpc) is 2.04. The molecule has 3 heteroatoms. The van der Waals surface area contributed by atoms with E-state index in [9.17, 15) is 4.79 Å². The van der Waals surface area contributed by atoms with Crippen LogP contribution in [0.1, 0.15) is 13.3 Å². The Balaban J connectivity index is 2.37. The van der Waals surface area contributed by atoms with Gasteiger partial charge in [0.2, 0.25) is 5.91 Å². The Morgan fingerprint density at radius 1 is 1.58 bits per heavy atom. The normalized spacial score (nSPS) is 27.1. The molecule has 1 unspecified atom stereocenters. The molecule has 0 fully saturated rings. The van der Waals surface area contributed by atoms with Gasteiger partial charge in [-0.25, -0.2) is 0 Å². The van der Waals surface area contributed by atoms with Gasteiger partial charge >= 0.3 is 0 Å². The van der Waals surface area contributed by atoms with Crippen molar-refractivity contribution in [2.24, 2.45) is 4.99 Å². The number of rotatable bonds is 0. The molecule has 2 aliphatic rings. The highest BCUT2D eigenvalue weighted by molar-refractivity contribution is 6.04. The zero-order valence-corrected chi connectivity index (χ0v) is 6.90. The summed E-state index contributed by atoms with van der Waals surface area (Å²) in [5, 5.41) is 0. The first kappa shape index (κ1) is 7.28. The molecule has 0 spiro atoms. The lowest BCUT2D eigenvalue weighted by atomic mass is 10.1. The van der Waals surface area contributed by atoms with E-state index < -0.39 is 0 Å². The van der Waals surface area contributed by atoms with Crippen molar-refractivity contribution in [1.82, 2.24) is 4.90 Å². The van der Waals surface area contributed by atoms with Gasteiger partial charge in [-0.05, 0) is 19.1 Å². The fraction of sp³-hybridized carbons (Fsp3) is 0.333. The Labute approximate surface area is 71.1 Å². The molecule has 2 heterocycles. The number of hydrogen-bond acceptors (Lipinski definition) is 2. The van der Waals surface area contributed by atoms with E-state index in [0.717, 1.165) is 5.84 Å². The molecular formula is C9H10N2O. The first-order chi connectivity index (χ1) is 5.77. The molecule has 0 aromatic carbocycles. The van der Waals surface area contributed by atoms with Gasteiger partial charge in [0.05, 0.1) is 0 Å². The van der Waals surface area contributed by atoms with E-state index in [0.29, 0.717) is 6.42 Å². The first-order valence-electron chi connectivity index (χ1n) is 4.02. The zero-order chi connectivity index (χ0) is 8.55. The van der Waals surface area contributed by atoms with Crippen molar-refractivity contribution in [1.29, 1.82) is 0 Å². The summed E-state index contributed by atoms with van der Waals surface area (Å²) in [6, 6.07) is 0.242. The number of carbonyl (C=O) groups excluding carboxylic acids is 1. The molecule has 0 saturated heterocycles. The van der Waals surface area contributed by atoms with Crippen molar-refractivity contribution in [2.75, 3.05) is 0 Å². The molecule has 0 aliphatic carbocycles. The second-order valence-corrected chi connectivity index (χ2v) is 3.02. The van der Waals surface area contributed by atoms with Gasteiger partial charge in [0, 0.05) is 18.7 Å². The average molecular weight is 162 g/mol. The molecular weight excluding hydrogens is 152 g/mol. The number of allylic oxidation sites excluding steroid dienone is 2. The van der Waals surface area contributed by atoms with Gasteiger partial charge in [-0.1, -0.05) is 6.08 Å². The Hall–Kier alpha value is -1.38. The highest BCUT2D eigenvalue weighted by Gasteiger charge is 2.23. The van der Waals surface area contributed by atoms with E-state index in [1.807, 2.05) is 36.3 Å². The van der Waals surface area contributed by atoms with Crippen LogP contribution in [0.4, 0.5) is 0 Å². The van der Waals surface area contributed by atoms with Crippen LogP contribution in [0.5, 0.6) is 0 Å². The maximum Gasteiger partial charge on any atom is 0.249 e. The van der Waals surface area contributed by atoms with Gasteiger partial charge in [-0.2, -0.15) is 4.99 Å². The number of hydrogen-bond donors (Lipinski definition) is 0. The molecule has 0 aromatic heterocycles. The van der Waals surface area contributed by atoms with E-state index in [1.54, 1.807) is 0 Å². The van der Waals surface area contributed by atoms with Crippen molar-refractivity contribution in [3.8, 4) is 0 Å². The van der Waals surface area contributed by atoms with Crippen molar-refractivity contribution in [3.63, 3.8) is 0 Å². The Morgan fingerprint density at radius 3 is 3.25 bits per heavy atom. The first-order valence-corrected chi connectivity index (χ1v) is 4.02. The highest BCUT2D eigenvalue weighted by Crippen LogP contribution is 2.16. The monoisotopic (exact) mass is 162 g/mol. The molecule has 12 heavy (non-hydrogen) atoms. The van der Waals surface area contributed by atoms with Gasteiger partial charge in [0.25, 0.3) is 0 Å². The van der Waals surface area contributed by atoms with Crippen LogP contribution < -0.4 is 0 Å². The van der Waals surface area contributed by atoms with Crippen LogP contribution >= 0.6 is 0 Å². The smallest absolute Gasteiger partial charge is 0.249 e. The number of amidine groups is 1. The van der Waals surface area contributed by atoms with Crippen molar-refractivity contribution < 1.29 is 4.79 Å². The predicted molar refractivity (Wildman–Crippen MR) is 46.6 cm³/mol. The van der Waals surface area contributed by atoms with Crippen molar-refractivity contribution in [3.05, 3.63) is 24.4 Å². The van der Waals surface area contributed by atoms with Crippen LogP contribution in [0.2, 0.25) is 0 Å². The number of aliphatic imine (C=N–C) groups is 1. The Bertz CT molecular complexity index is 302. The Kier molecular flexibility index (Phi) is 1.57. The van der Waals surface area contributed by atoms with Crippen LogP contribution in [-0.4, -0.2) is 22.7 Å². The summed E-state index contributed by atoms with van der Waals surface area (Å²) in [6.07, 6.45) is 8.16. The summed E-state index contributed by atoms with van der Waals surface area (Å²) in [7, 11) is 0. The third kappa shape index (κ3) is 1.07. The third-order valence-corrected chi connectivity index (χ3v) is 2.05. The molecule has 1 amide bonds. The molecule has 0 radical (unpaired) electrons. The maximum atomic E-state index is 11.1. The maximum absolute atomic E-state index is 11.1. The zero-order valence-electron chi connectivity index (χ0n) is 6.90. The third-order valence-electron chi connectivity index (χ3n) is 2.05. The minimum atomic E-state index is -0.0197. The molecule has 0 saturated carbocycles. The quantitative estimate of drug-likeness (QED) is 0.534. The lowest BCUT2D eigenvalue weighted by Crippen LogP contribution is -2.39. The van der Waals surface area contributed by atoms with Gasteiger partial charge in [0.15, 0.2) is 0 Å². The summed E-state index contributed by atoms with van der Waals surface area (Å²) in [5.41, 5.74) is 0. The SMILES string of the molecule is CC1CC(=O)N=C2C=CC=CN21. The minimum Gasteiger partial charge on any atom is -0.330 e. The molecule has 1 atom stereocenters. The predicted octanol–water partition coefficient (Wildman–Crippen LogP) is 1.09. The van der Waals surface area contributed by atoms with E-state index in [2.05, 4.69) is 4.99 Å². The summed E-state index contributed by atoms with van der Waals surface area (Å²) < 4.78 is 0. The number of carbonyl (C=O) groups is 1. The molecule has 0 N–H and O–H groups in total. The fourth-order valence-electron chi connectivity index (χ4n) is 1.44. The number of amides is 1. The second-order valence-electron chi connectivity index (χ2n) is 3.02. The fourth-order valence-corrected chi connectivity index (χ4v) is 1.44. The molecule has 3 nitrogen and oxygen atoms in total. The molecule has 0 bridgehead atoms. The lowest BCUT2D eigenvalue weighted by Gasteiger charge is -2.31. The van der Waals surface area contributed by atoms with E-state index >= 15 is 0 Å². The van der Waals surface area contributed by atoms with E-state index in [-0.39, 0.29) is 11.9 Å². The molecule has 2 rings (SSSR count). The topological polar surface area (TPSA) is 32.7 Å². The minimum absolute atomic E-state index is 0.0197. The van der Waals surface area contributed by atoms with Crippen LogP contribution in [-0.2, 0) is 4.79 Å². The number of nitrogens with zero attached hydrogens (tertiary/aromatic N) is 2. The van der Waals surface area contributed by atoms with Crippen LogP contribution in [0.15, 0.2) is 29.4 Å². The summed E-state index contributed by atoms with van der Waals surface area (Å²) in [4.78, 5) is 17.0. The van der Waals surface area contributed by atoms with Gasteiger partial charge in [-0.3, -0.25) is 4.79 Å². The van der Waals surface area contributed by atoms with E-state index in [4.69, 9.17) is 0 Å². The van der Waals surface area contributed by atoms with Crippen LogP contribution in [0.25, 0.3) is 0 Å².